The van der Waals surface area contributed by atoms with E-state index >= 15 is 0 Å². The topological polar surface area (TPSA) is 94.5 Å². The van der Waals surface area contributed by atoms with Gasteiger partial charge in [-0.3, -0.25) is 9.48 Å². The number of nitrogens with one attached hydrogen (secondary N) is 1. The number of benzene rings is 1. The lowest BCUT2D eigenvalue weighted by atomic mass is 10.2. The number of fused-ring (bicyclic) bond motifs is 2. The van der Waals surface area contributed by atoms with Crippen LogP contribution in [0.1, 0.15) is 16.2 Å². The van der Waals surface area contributed by atoms with Gasteiger partial charge in [0.1, 0.15) is 10.6 Å². The van der Waals surface area contributed by atoms with Gasteiger partial charge >= 0.3 is 0 Å². The van der Waals surface area contributed by atoms with Crippen LogP contribution in [0.4, 0.5) is 0 Å². The summed E-state index contributed by atoms with van der Waals surface area (Å²) in [5.74, 6) is -0.137. The Morgan fingerprint density at radius 2 is 1.83 bits per heavy atom. The van der Waals surface area contributed by atoms with Gasteiger partial charge in [-0.05, 0) is 19.2 Å². The van der Waals surface area contributed by atoms with E-state index in [9.17, 15) is 13.2 Å². The summed E-state index contributed by atoms with van der Waals surface area (Å²) < 4.78 is 29.7. The largest absolute Gasteiger partial charge is 0.351 e. The second-order valence-electron chi connectivity index (χ2n) is 7.88. The first-order chi connectivity index (χ1) is 14.4. The first-order valence-corrected chi connectivity index (χ1v) is 11.5. The second kappa shape index (κ2) is 7.22. The molecule has 5 rings (SSSR count). The summed E-state index contributed by atoms with van der Waals surface area (Å²) in [5, 5.41) is 5.26. The van der Waals surface area contributed by atoms with E-state index in [1.165, 1.54) is 10.5 Å². The van der Waals surface area contributed by atoms with E-state index in [0.717, 1.165) is 10.9 Å². The number of likely N-dealkylation sites (N-methyl/N-ethyl adjacent to an activating group) is 1. The van der Waals surface area contributed by atoms with Gasteiger partial charge < -0.3 is 14.8 Å². The summed E-state index contributed by atoms with van der Waals surface area (Å²) in [6, 6.07) is 9.57. The Morgan fingerprint density at radius 1 is 1.07 bits per heavy atom. The van der Waals surface area contributed by atoms with Crippen LogP contribution in [-0.4, -0.2) is 83.0 Å². The van der Waals surface area contributed by atoms with Crippen molar-refractivity contribution < 1.29 is 13.2 Å². The molecule has 0 bridgehead atoms. The van der Waals surface area contributed by atoms with Crippen LogP contribution in [0.5, 0.6) is 0 Å². The molecule has 2 aliphatic rings. The summed E-state index contributed by atoms with van der Waals surface area (Å²) in [6.07, 6.45) is 1.43. The lowest BCUT2D eigenvalue weighted by Crippen LogP contribution is -2.47. The quantitative estimate of drug-likeness (QED) is 0.671. The minimum absolute atomic E-state index is 0.137. The summed E-state index contributed by atoms with van der Waals surface area (Å²) in [7, 11) is -1.65. The van der Waals surface area contributed by atoms with Crippen LogP contribution in [0.15, 0.2) is 41.4 Å². The maximum Gasteiger partial charge on any atom is 0.270 e. The molecule has 0 atom stereocenters. The van der Waals surface area contributed by atoms with Crippen molar-refractivity contribution in [3.8, 4) is 0 Å². The molecule has 1 saturated heterocycles. The summed E-state index contributed by atoms with van der Waals surface area (Å²) in [5.41, 5.74) is 1.98. The predicted molar refractivity (Wildman–Crippen MR) is 112 cm³/mol. The summed E-state index contributed by atoms with van der Waals surface area (Å²) in [6.45, 7) is 3.50. The van der Waals surface area contributed by atoms with E-state index in [4.69, 9.17) is 0 Å². The average molecular weight is 429 g/mol. The number of para-hydroxylation sites is 1. The van der Waals surface area contributed by atoms with Crippen molar-refractivity contribution >= 4 is 26.8 Å². The molecule has 1 aromatic carbocycles. The van der Waals surface area contributed by atoms with Crippen LogP contribution in [-0.2, 0) is 23.1 Å². The first kappa shape index (κ1) is 19.3. The molecule has 0 unspecified atom stereocenters. The molecule has 1 N–H and O–H groups in total. The van der Waals surface area contributed by atoms with Gasteiger partial charge in [0.2, 0.25) is 10.0 Å². The Labute approximate surface area is 174 Å². The molecule has 0 saturated carbocycles. The fourth-order valence-corrected chi connectivity index (χ4v) is 5.71. The lowest BCUT2D eigenvalue weighted by Gasteiger charge is -2.32. The van der Waals surface area contributed by atoms with Gasteiger partial charge in [-0.2, -0.15) is 9.40 Å². The van der Waals surface area contributed by atoms with Gasteiger partial charge in [0, 0.05) is 43.6 Å². The lowest BCUT2D eigenvalue weighted by molar-refractivity contribution is 0.0698. The fourth-order valence-electron chi connectivity index (χ4n) is 4.14. The number of aromatic amines is 1. The molecular weight excluding hydrogens is 404 g/mol. The normalized spacial score (nSPS) is 18.6. The van der Waals surface area contributed by atoms with Gasteiger partial charge in [-0.15, -0.1) is 0 Å². The van der Waals surface area contributed by atoms with E-state index < -0.39 is 10.0 Å². The highest BCUT2D eigenvalue weighted by Crippen LogP contribution is 2.26. The van der Waals surface area contributed by atoms with Gasteiger partial charge in [0.15, 0.2) is 0 Å². The van der Waals surface area contributed by atoms with E-state index in [1.807, 2.05) is 37.4 Å². The molecule has 0 spiro atoms. The Balaban J connectivity index is 1.41. The molecule has 4 heterocycles. The third-order valence-electron chi connectivity index (χ3n) is 5.96. The smallest absolute Gasteiger partial charge is 0.270 e. The molecule has 9 nitrogen and oxygen atoms in total. The maximum absolute atomic E-state index is 13.2. The van der Waals surface area contributed by atoms with E-state index in [-0.39, 0.29) is 17.3 Å². The highest BCUT2D eigenvalue weighted by Gasteiger charge is 2.34. The number of amides is 1. The molecule has 0 radical (unpaired) electrons. The van der Waals surface area contributed by atoms with Crippen molar-refractivity contribution in [3.05, 3.63) is 47.9 Å². The number of H-pyrrole nitrogens is 1. The van der Waals surface area contributed by atoms with Gasteiger partial charge in [-0.1, -0.05) is 18.2 Å². The number of carbonyl (C=O) groups excluding carboxylic acids is 1. The second-order valence-corrected chi connectivity index (χ2v) is 9.79. The monoisotopic (exact) mass is 428 g/mol. The Hall–Kier alpha value is -2.69. The van der Waals surface area contributed by atoms with Crippen molar-refractivity contribution in [3.63, 3.8) is 0 Å². The summed E-state index contributed by atoms with van der Waals surface area (Å²) >= 11 is 0. The summed E-state index contributed by atoms with van der Waals surface area (Å²) in [4.78, 5) is 20.3. The number of nitrogens with zero attached hydrogens (tertiary/aromatic N) is 5. The molecule has 10 heteroatoms. The molecule has 2 aliphatic heterocycles. The van der Waals surface area contributed by atoms with E-state index in [0.29, 0.717) is 50.7 Å². The van der Waals surface area contributed by atoms with Crippen LogP contribution in [0.2, 0.25) is 0 Å². The zero-order valence-corrected chi connectivity index (χ0v) is 17.6. The zero-order chi connectivity index (χ0) is 20.9. The molecule has 158 valence electrons. The molecule has 0 aliphatic carbocycles. The number of hydrogen-bond acceptors (Lipinski definition) is 5. The minimum atomic E-state index is -3.64. The van der Waals surface area contributed by atoms with Crippen LogP contribution in [0, 0.1) is 0 Å². The minimum Gasteiger partial charge on any atom is -0.351 e. The van der Waals surface area contributed by atoms with Crippen LogP contribution in [0.25, 0.3) is 10.9 Å². The van der Waals surface area contributed by atoms with Gasteiger partial charge in [0.25, 0.3) is 5.91 Å². The van der Waals surface area contributed by atoms with Crippen LogP contribution in [0.3, 0.4) is 0 Å². The fraction of sp³-hybridized carbons (Fsp3) is 0.400. The zero-order valence-electron chi connectivity index (χ0n) is 16.8. The Morgan fingerprint density at radius 3 is 2.60 bits per heavy atom. The number of sulfonamides is 1. The standard InChI is InChI=1S/C20H24N6O3S/c1-23-6-9-25(10-7-23)30(28,29)19-13-21-26-11-8-24(14-18(19)26)20(27)17-12-15-4-2-3-5-16(15)22-17/h2-5,12-13,22H,6-11,14H2,1H3. The van der Waals surface area contributed by atoms with E-state index in [2.05, 4.69) is 15.0 Å². The molecular formula is C20H24N6O3S. The van der Waals surface area contributed by atoms with E-state index in [1.54, 1.807) is 9.58 Å². The van der Waals surface area contributed by atoms with Crippen molar-refractivity contribution in [1.29, 1.82) is 0 Å². The maximum atomic E-state index is 13.2. The Bertz CT molecular complexity index is 1170. The van der Waals surface area contributed by atoms with Gasteiger partial charge in [-0.25, -0.2) is 8.42 Å². The first-order valence-electron chi connectivity index (χ1n) is 10.0. The van der Waals surface area contributed by atoms with Crippen LogP contribution < -0.4 is 0 Å². The SMILES string of the molecule is CN1CCN(S(=O)(=O)c2cnn3c2CN(C(=O)c2cc4ccccc4[nH]2)CC3)CC1. The average Bonchev–Trinajstić information content (AvgIpc) is 3.37. The van der Waals surface area contributed by atoms with Crippen molar-refractivity contribution in [2.45, 2.75) is 18.0 Å². The number of hydrogen-bond donors (Lipinski definition) is 1. The van der Waals surface area contributed by atoms with Crippen molar-refractivity contribution in [1.82, 2.24) is 28.9 Å². The van der Waals surface area contributed by atoms with Crippen molar-refractivity contribution in [2.75, 3.05) is 39.8 Å². The molecule has 3 aromatic rings. The third kappa shape index (κ3) is 3.21. The molecule has 2 aromatic heterocycles. The predicted octanol–water partition coefficient (Wildman–Crippen LogP) is 0.956. The number of carbonyl (C=O) groups is 1. The van der Waals surface area contributed by atoms with Crippen molar-refractivity contribution in [2.24, 2.45) is 0 Å². The van der Waals surface area contributed by atoms with Crippen LogP contribution >= 0.6 is 0 Å². The molecule has 1 amide bonds. The molecule has 1 fully saturated rings. The molecule has 30 heavy (non-hydrogen) atoms. The third-order valence-corrected chi connectivity index (χ3v) is 7.90. The number of piperazine rings is 1. The van der Waals surface area contributed by atoms with Gasteiger partial charge in [0.05, 0.1) is 25.0 Å². The number of rotatable bonds is 3. The highest BCUT2D eigenvalue weighted by atomic mass is 32.2. The number of aromatic nitrogens is 3. The Kier molecular flexibility index (Phi) is 4.64. The highest BCUT2D eigenvalue weighted by molar-refractivity contribution is 7.89.